The van der Waals surface area contributed by atoms with Crippen molar-refractivity contribution in [3.05, 3.63) is 0 Å². The van der Waals surface area contributed by atoms with Crippen LogP contribution in [0.5, 0.6) is 0 Å². The zero-order chi connectivity index (χ0) is 8.91. The van der Waals surface area contributed by atoms with Crippen molar-refractivity contribution in [3.63, 3.8) is 0 Å². The Bertz CT molecular complexity index is 98.8. The Morgan fingerprint density at radius 1 is 1.55 bits per heavy atom. The quantitative estimate of drug-likeness (QED) is 0.570. The van der Waals surface area contributed by atoms with E-state index in [9.17, 15) is 0 Å². The van der Waals surface area contributed by atoms with Crippen LogP contribution < -0.4 is 11.1 Å². The summed E-state index contributed by atoms with van der Waals surface area (Å²) in [6.07, 6.45) is 1.26. The van der Waals surface area contributed by atoms with Gasteiger partial charge in [0.1, 0.15) is 0 Å². The van der Waals surface area contributed by atoms with Gasteiger partial charge in [0.05, 0.1) is 0 Å². The molecule has 0 aromatic heterocycles. The van der Waals surface area contributed by atoms with Crippen molar-refractivity contribution < 1.29 is 0 Å². The topological polar surface area (TPSA) is 38.0 Å². The summed E-state index contributed by atoms with van der Waals surface area (Å²) in [4.78, 5) is 0. The molecule has 68 valence electrons. The Labute approximate surface area is 73.4 Å². The van der Waals surface area contributed by atoms with E-state index in [1.165, 1.54) is 16.7 Å². The molecule has 0 fully saturated rings. The van der Waals surface area contributed by atoms with Crippen LogP contribution in [0.4, 0.5) is 0 Å². The fourth-order valence-corrected chi connectivity index (χ4v) is 1.93. The van der Waals surface area contributed by atoms with Crippen molar-refractivity contribution in [3.8, 4) is 0 Å². The normalized spacial score (nSPS) is 15.3. The highest BCUT2D eigenvalue weighted by Gasteiger charge is 2.13. The Hall–Kier alpha value is 0.137. The van der Waals surface area contributed by atoms with Gasteiger partial charge in [-0.15, -0.1) is 0 Å². The molecule has 0 bridgehead atoms. The Balaban J connectivity index is 3.44. The Kier molecular flexibility index (Phi) is 4.96. The van der Waals surface area contributed by atoms with E-state index in [1.54, 1.807) is 0 Å². The number of nitrogens with one attached hydrogen (secondary N) is 1. The van der Waals surface area contributed by atoms with Gasteiger partial charge in [0.2, 0.25) is 0 Å². The van der Waals surface area contributed by atoms with Gasteiger partial charge in [0.25, 0.3) is 0 Å². The molecule has 3 N–H and O–H groups in total. The monoisotopic (exact) mass is 174 g/mol. The third-order valence-electron chi connectivity index (χ3n) is 1.56. The molecule has 0 radical (unpaired) electrons. The standard InChI is InChI=1S/C8H22N2Si/c1-7(10-5-4-9)6-8(2,3)11/h7,10H,4-6,9H2,1-3,11H3. The molecule has 0 aliphatic carbocycles. The van der Waals surface area contributed by atoms with Crippen LogP contribution in [0.15, 0.2) is 0 Å². The molecule has 0 spiro atoms. The first kappa shape index (κ1) is 11.1. The molecular formula is C8H22N2Si. The number of nitrogens with two attached hydrogens (primary N) is 1. The first-order valence-corrected chi connectivity index (χ1v) is 5.39. The zero-order valence-electron chi connectivity index (χ0n) is 8.28. The van der Waals surface area contributed by atoms with Crippen molar-refractivity contribution in [2.24, 2.45) is 5.73 Å². The van der Waals surface area contributed by atoms with E-state index in [4.69, 9.17) is 5.73 Å². The maximum absolute atomic E-state index is 5.39. The van der Waals surface area contributed by atoms with E-state index in [2.05, 4.69) is 26.1 Å². The van der Waals surface area contributed by atoms with Crippen molar-refractivity contribution in [2.75, 3.05) is 13.1 Å². The Morgan fingerprint density at radius 2 is 2.09 bits per heavy atom. The summed E-state index contributed by atoms with van der Waals surface area (Å²) >= 11 is 0. The molecule has 11 heavy (non-hydrogen) atoms. The highest BCUT2D eigenvalue weighted by Crippen LogP contribution is 2.24. The van der Waals surface area contributed by atoms with Gasteiger partial charge < -0.3 is 11.1 Å². The second-order valence-electron chi connectivity index (χ2n) is 4.41. The molecule has 0 saturated carbocycles. The van der Waals surface area contributed by atoms with E-state index >= 15 is 0 Å². The molecule has 3 heteroatoms. The summed E-state index contributed by atoms with van der Waals surface area (Å²) in [6, 6.07) is 0.617. The van der Waals surface area contributed by atoms with E-state index in [0.717, 1.165) is 13.1 Å². The molecule has 0 aromatic carbocycles. The van der Waals surface area contributed by atoms with E-state index in [0.29, 0.717) is 11.1 Å². The lowest BCUT2D eigenvalue weighted by Gasteiger charge is -2.23. The lowest BCUT2D eigenvalue weighted by molar-refractivity contribution is 0.459. The van der Waals surface area contributed by atoms with Crippen molar-refractivity contribution >= 4 is 10.2 Å². The third kappa shape index (κ3) is 8.04. The molecule has 1 atom stereocenters. The molecule has 1 unspecified atom stereocenters. The van der Waals surface area contributed by atoms with E-state index in [-0.39, 0.29) is 0 Å². The lowest BCUT2D eigenvalue weighted by atomic mass is 10.0. The minimum atomic E-state index is 0.557. The number of rotatable bonds is 5. The predicted molar refractivity (Wildman–Crippen MR) is 55.1 cm³/mol. The number of hydrogen-bond acceptors (Lipinski definition) is 2. The largest absolute Gasteiger partial charge is 0.329 e. The maximum Gasteiger partial charge on any atom is 0.0100 e. The van der Waals surface area contributed by atoms with Gasteiger partial charge in [0.15, 0.2) is 0 Å². The average Bonchev–Trinajstić information content (AvgIpc) is 1.79. The summed E-state index contributed by atoms with van der Waals surface area (Å²) in [6.45, 7) is 8.56. The summed E-state index contributed by atoms with van der Waals surface area (Å²) in [7, 11) is 1.26. The average molecular weight is 174 g/mol. The molecule has 0 aliphatic rings. The van der Waals surface area contributed by atoms with Gasteiger partial charge in [-0.25, -0.2) is 0 Å². The first-order chi connectivity index (χ1) is 4.95. The Morgan fingerprint density at radius 3 is 2.45 bits per heavy atom. The molecule has 2 nitrogen and oxygen atoms in total. The maximum atomic E-state index is 5.39. The molecular weight excluding hydrogens is 152 g/mol. The molecule has 0 amide bonds. The zero-order valence-corrected chi connectivity index (χ0v) is 10.3. The van der Waals surface area contributed by atoms with Crippen LogP contribution in [0.25, 0.3) is 0 Å². The minimum absolute atomic E-state index is 0.557. The van der Waals surface area contributed by atoms with Crippen molar-refractivity contribution in [1.29, 1.82) is 0 Å². The molecule has 0 heterocycles. The van der Waals surface area contributed by atoms with E-state index in [1.807, 2.05) is 0 Å². The second kappa shape index (κ2) is 4.90. The van der Waals surface area contributed by atoms with Crippen LogP contribution in [0.2, 0.25) is 5.04 Å². The van der Waals surface area contributed by atoms with Crippen molar-refractivity contribution in [2.45, 2.75) is 38.3 Å². The van der Waals surface area contributed by atoms with Crippen LogP contribution in [0, 0.1) is 0 Å². The molecule has 0 aromatic rings. The molecule has 0 aliphatic heterocycles. The smallest absolute Gasteiger partial charge is 0.0100 e. The third-order valence-corrected chi connectivity index (χ3v) is 1.96. The molecule has 0 saturated heterocycles. The van der Waals surface area contributed by atoms with Crippen LogP contribution in [-0.4, -0.2) is 29.4 Å². The van der Waals surface area contributed by atoms with Gasteiger partial charge in [-0.3, -0.25) is 0 Å². The summed E-state index contributed by atoms with van der Waals surface area (Å²) < 4.78 is 0. The number of hydrogen-bond donors (Lipinski definition) is 2. The van der Waals surface area contributed by atoms with E-state index < -0.39 is 0 Å². The SMILES string of the molecule is CC(CC(C)(C)[SiH3])NCCN. The van der Waals surface area contributed by atoms with Crippen LogP contribution in [0.3, 0.4) is 0 Å². The predicted octanol–water partition coefficient (Wildman–Crippen LogP) is -0.123. The lowest BCUT2D eigenvalue weighted by Crippen LogP contribution is -2.33. The van der Waals surface area contributed by atoms with Gasteiger partial charge in [-0.1, -0.05) is 13.8 Å². The highest BCUT2D eigenvalue weighted by atomic mass is 28.1. The van der Waals surface area contributed by atoms with Gasteiger partial charge >= 0.3 is 0 Å². The summed E-state index contributed by atoms with van der Waals surface area (Å²) in [5.41, 5.74) is 5.39. The summed E-state index contributed by atoms with van der Waals surface area (Å²) in [5.74, 6) is 0. The van der Waals surface area contributed by atoms with Crippen LogP contribution >= 0.6 is 0 Å². The van der Waals surface area contributed by atoms with Crippen LogP contribution in [-0.2, 0) is 0 Å². The van der Waals surface area contributed by atoms with Crippen LogP contribution in [0.1, 0.15) is 27.2 Å². The molecule has 0 rings (SSSR count). The fraction of sp³-hybridized carbons (Fsp3) is 1.00. The summed E-state index contributed by atoms with van der Waals surface area (Å²) in [5, 5.41) is 3.94. The highest BCUT2D eigenvalue weighted by molar-refractivity contribution is 6.14. The minimum Gasteiger partial charge on any atom is -0.329 e. The van der Waals surface area contributed by atoms with Crippen molar-refractivity contribution in [1.82, 2.24) is 5.32 Å². The second-order valence-corrected chi connectivity index (χ2v) is 7.12. The van der Waals surface area contributed by atoms with Gasteiger partial charge in [-0.2, -0.15) is 0 Å². The van der Waals surface area contributed by atoms with Gasteiger partial charge in [0, 0.05) is 29.4 Å². The first-order valence-electron chi connectivity index (χ1n) is 4.39. The van der Waals surface area contributed by atoms with Gasteiger partial charge in [-0.05, 0) is 18.4 Å². The fourth-order valence-electron chi connectivity index (χ4n) is 1.32.